The van der Waals surface area contributed by atoms with Gasteiger partial charge in [-0.25, -0.2) is 14.8 Å². The summed E-state index contributed by atoms with van der Waals surface area (Å²) in [7, 11) is 3.83. The average molecular weight is 394 g/mol. The first-order valence-corrected chi connectivity index (χ1v) is 9.33. The molecule has 0 unspecified atom stereocenters. The summed E-state index contributed by atoms with van der Waals surface area (Å²) < 4.78 is 3.70. The average Bonchev–Trinajstić information content (AvgIpc) is 3.27. The van der Waals surface area contributed by atoms with Crippen LogP contribution in [0.1, 0.15) is 18.9 Å². The van der Waals surface area contributed by atoms with E-state index in [1.54, 1.807) is 17.2 Å². The third-order valence-electron chi connectivity index (χ3n) is 5.54. The van der Waals surface area contributed by atoms with Gasteiger partial charge in [-0.15, -0.1) is 0 Å². The summed E-state index contributed by atoms with van der Waals surface area (Å²) in [5, 5.41) is 23.3. The summed E-state index contributed by atoms with van der Waals surface area (Å²) in [6.07, 6.45) is 5.37. The molecular weight excluding hydrogens is 372 g/mol. The van der Waals surface area contributed by atoms with Crippen molar-refractivity contribution in [2.75, 3.05) is 25.0 Å². The number of rotatable bonds is 5. The number of likely N-dealkylation sites (tertiary alicyclic amines) is 1. The normalized spacial score (nSPS) is 15.2. The van der Waals surface area contributed by atoms with Crippen LogP contribution in [-0.4, -0.2) is 60.6 Å². The van der Waals surface area contributed by atoms with Crippen LogP contribution in [0.4, 0.5) is 16.4 Å². The summed E-state index contributed by atoms with van der Waals surface area (Å²) in [5.74, 6) is 1.48. The topological polar surface area (TPSA) is 116 Å². The Bertz CT molecular complexity index is 1120. The van der Waals surface area contributed by atoms with Crippen LogP contribution in [0.5, 0.6) is 0 Å². The number of carboxylic acid groups (broad SMARTS) is 1. The van der Waals surface area contributed by atoms with E-state index < -0.39 is 11.6 Å². The molecule has 1 aliphatic rings. The van der Waals surface area contributed by atoms with Crippen LogP contribution in [0.2, 0.25) is 0 Å². The number of aryl methyl sites for hydroxylation is 2. The molecule has 10 nitrogen and oxygen atoms in total. The minimum atomic E-state index is -0.979. The van der Waals surface area contributed by atoms with Gasteiger partial charge in [-0.2, -0.15) is 10.4 Å². The largest absolute Gasteiger partial charge is 0.465 e. The second-order valence-corrected chi connectivity index (χ2v) is 7.42. The molecule has 1 amide bonds. The third kappa shape index (κ3) is 2.95. The lowest BCUT2D eigenvalue weighted by atomic mass is 9.87. The number of anilines is 2. The lowest BCUT2D eigenvalue weighted by Crippen LogP contribution is -2.64. The molecule has 0 saturated carbocycles. The fourth-order valence-corrected chi connectivity index (χ4v) is 3.77. The molecule has 0 radical (unpaired) electrons. The highest BCUT2D eigenvalue weighted by Crippen LogP contribution is 2.35. The van der Waals surface area contributed by atoms with Crippen molar-refractivity contribution < 1.29 is 9.90 Å². The molecule has 0 spiro atoms. The van der Waals surface area contributed by atoms with E-state index in [4.69, 9.17) is 5.10 Å². The highest BCUT2D eigenvalue weighted by atomic mass is 16.4. The van der Waals surface area contributed by atoms with Gasteiger partial charge in [0.05, 0.1) is 43.6 Å². The van der Waals surface area contributed by atoms with Crippen molar-refractivity contribution in [2.24, 2.45) is 7.05 Å². The summed E-state index contributed by atoms with van der Waals surface area (Å²) in [5.41, 5.74) is 2.17. The summed E-state index contributed by atoms with van der Waals surface area (Å²) in [4.78, 5) is 23.3. The summed E-state index contributed by atoms with van der Waals surface area (Å²) >= 11 is 0. The molecule has 1 saturated heterocycles. The van der Waals surface area contributed by atoms with Crippen molar-refractivity contribution in [1.82, 2.24) is 29.2 Å². The zero-order chi connectivity index (χ0) is 20.8. The molecule has 10 heteroatoms. The van der Waals surface area contributed by atoms with Crippen molar-refractivity contribution in [1.29, 1.82) is 5.26 Å². The Hall–Kier alpha value is -3.61. The number of amides is 1. The van der Waals surface area contributed by atoms with E-state index in [1.807, 2.05) is 42.7 Å². The molecule has 0 atom stereocenters. The highest BCUT2D eigenvalue weighted by Gasteiger charge is 2.48. The van der Waals surface area contributed by atoms with Crippen LogP contribution in [0.15, 0.2) is 24.8 Å². The first kappa shape index (κ1) is 18.7. The number of imidazole rings is 1. The van der Waals surface area contributed by atoms with E-state index in [-0.39, 0.29) is 19.5 Å². The van der Waals surface area contributed by atoms with Crippen molar-refractivity contribution in [3.8, 4) is 6.07 Å². The number of nitriles is 1. The van der Waals surface area contributed by atoms with E-state index in [0.29, 0.717) is 0 Å². The van der Waals surface area contributed by atoms with Gasteiger partial charge in [0.15, 0.2) is 5.82 Å². The Kier molecular flexibility index (Phi) is 4.38. The van der Waals surface area contributed by atoms with Gasteiger partial charge in [-0.1, -0.05) is 6.92 Å². The summed E-state index contributed by atoms with van der Waals surface area (Å²) in [6, 6.07) is 4.14. The minimum Gasteiger partial charge on any atom is -0.465 e. The molecule has 29 heavy (non-hydrogen) atoms. The lowest BCUT2D eigenvalue weighted by molar-refractivity contribution is 0.0140. The maximum Gasteiger partial charge on any atom is 0.407 e. The molecule has 1 N–H and O–H groups in total. The van der Waals surface area contributed by atoms with Crippen molar-refractivity contribution >= 4 is 28.8 Å². The van der Waals surface area contributed by atoms with E-state index in [2.05, 4.69) is 16.0 Å². The minimum absolute atomic E-state index is 0.198. The van der Waals surface area contributed by atoms with E-state index in [1.165, 1.54) is 4.90 Å². The van der Waals surface area contributed by atoms with Crippen LogP contribution in [-0.2, 0) is 19.0 Å². The second kappa shape index (κ2) is 6.77. The maximum atomic E-state index is 11.2. The summed E-state index contributed by atoms with van der Waals surface area (Å²) in [6.45, 7) is 2.55. The van der Waals surface area contributed by atoms with Crippen LogP contribution in [0, 0.1) is 11.3 Å². The Balaban J connectivity index is 1.70. The van der Waals surface area contributed by atoms with Gasteiger partial charge < -0.3 is 19.5 Å². The van der Waals surface area contributed by atoms with Crippen molar-refractivity contribution in [3.63, 3.8) is 0 Å². The number of aromatic nitrogens is 5. The molecule has 4 rings (SSSR count). The molecule has 3 aromatic heterocycles. The fraction of sp³-hybridized carbons (Fsp3) is 0.421. The van der Waals surface area contributed by atoms with Crippen LogP contribution in [0.3, 0.4) is 0 Å². The third-order valence-corrected chi connectivity index (χ3v) is 5.54. The molecule has 0 aromatic carbocycles. The number of carbonyl (C=O) groups is 1. The highest BCUT2D eigenvalue weighted by molar-refractivity contribution is 5.78. The van der Waals surface area contributed by atoms with Gasteiger partial charge in [-0.05, 0) is 6.42 Å². The number of hydrogen-bond donors (Lipinski definition) is 1. The molecule has 0 aliphatic carbocycles. The fourth-order valence-electron chi connectivity index (χ4n) is 3.77. The molecule has 4 heterocycles. The molecule has 1 aliphatic heterocycles. The maximum absolute atomic E-state index is 11.2. The van der Waals surface area contributed by atoms with Crippen LogP contribution < -0.4 is 4.90 Å². The predicted molar refractivity (Wildman–Crippen MR) is 106 cm³/mol. The zero-order valence-electron chi connectivity index (χ0n) is 16.6. The van der Waals surface area contributed by atoms with E-state index in [0.717, 1.165) is 34.7 Å². The van der Waals surface area contributed by atoms with Gasteiger partial charge >= 0.3 is 6.09 Å². The Morgan fingerprint density at radius 3 is 2.83 bits per heavy atom. The molecule has 3 aromatic rings. The quantitative estimate of drug-likeness (QED) is 0.704. The van der Waals surface area contributed by atoms with E-state index in [9.17, 15) is 15.2 Å². The van der Waals surface area contributed by atoms with Crippen molar-refractivity contribution in [3.05, 3.63) is 30.4 Å². The van der Waals surface area contributed by atoms with Gasteiger partial charge in [0.1, 0.15) is 16.9 Å². The second-order valence-electron chi connectivity index (χ2n) is 7.42. The predicted octanol–water partition coefficient (Wildman–Crippen LogP) is 2.10. The standard InChI is InChI=1S/C19H22N8O2/c1-4-13-9-27(19(5-6-20)10-26(11-19)18(28)29)23-17(13)25(3)16-7-15-14(8-21-16)22-12-24(15)2/h7-9,12H,4-5,10-11H2,1-3H3,(H,28,29). The van der Waals surface area contributed by atoms with Gasteiger partial charge in [0.25, 0.3) is 0 Å². The number of nitrogens with zero attached hydrogens (tertiary/aromatic N) is 8. The Morgan fingerprint density at radius 1 is 1.41 bits per heavy atom. The lowest BCUT2D eigenvalue weighted by Gasteiger charge is -2.47. The molecule has 0 bridgehead atoms. The van der Waals surface area contributed by atoms with Gasteiger partial charge in [0.2, 0.25) is 0 Å². The first-order valence-electron chi connectivity index (χ1n) is 9.33. The number of pyridine rings is 1. The zero-order valence-corrected chi connectivity index (χ0v) is 16.6. The number of hydrogen-bond acceptors (Lipinski definition) is 6. The molecule has 1 fully saturated rings. The van der Waals surface area contributed by atoms with Crippen molar-refractivity contribution in [2.45, 2.75) is 25.3 Å². The SMILES string of the molecule is CCc1cn(C2(CC#N)CN(C(=O)O)C2)nc1N(C)c1cc2c(cn1)ncn2C. The van der Waals surface area contributed by atoms with Gasteiger partial charge in [-0.3, -0.25) is 4.68 Å². The Labute approximate surface area is 167 Å². The molecular formula is C19H22N8O2. The first-order chi connectivity index (χ1) is 13.9. The smallest absolute Gasteiger partial charge is 0.407 e. The van der Waals surface area contributed by atoms with Crippen LogP contribution in [0.25, 0.3) is 11.0 Å². The number of fused-ring (bicyclic) bond motifs is 1. The monoisotopic (exact) mass is 394 g/mol. The molecule has 150 valence electrons. The van der Waals surface area contributed by atoms with Crippen LogP contribution >= 0.6 is 0 Å². The Morgan fingerprint density at radius 2 is 2.17 bits per heavy atom. The van der Waals surface area contributed by atoms with Gasteiger partial charge in [0, 0.05) is 31.9 Å². The van der Waals surface area contributed by atoms with E-state index >= 15 is 0 Å².